The Labute approximate surface area is 241 Å². The zero-order chi connectivity index (χ0) is 27.3. The van der Waals surface area contributed by atoms with E-state index in [9.17, 15) is 0 Å². The van der Waals surface area contributed by atoms with E-state index in [0.717, 1.165) is 48.7 Å². The van der Waals surface area contributed by atoms with Crippen LogP contribution in [0.3, 0.4) is 0 Å². The summed E-state index contributed by atoms with van der Waals surface area (Å²) in [7, 11) is 0. The lowest BCUT2D eigenvalue weighted by atomic mass is 9.82. The minimum Gasteiger partial charge on any atom is -0.397 e. The summed E-state index contributed by atoms with van der Waals surface area (Å²) in [5, 5.41) is 7.03. The maximum Gasteiger partial charge on any atom is 0.123 e. The lowest BCUT2D eigenvalue weighted by Crippen LogP contribution is -2.22. The highest BCUT2D eigenvalue weighted by Crippen LogP contribution is 2.58. The molecule has 2 aliphatic heterocycles. The van der Waals surface area contributed by atoms with Gasteiger partial charge >= 0.3 is 0 Å². The van der Waals surface area contributed by atoms with E-state index in [0.29, 0.717) is 23.9 Å². The zero-order valence-corrected chi connectivity index (χ0v) is 23.5. The number of hydrogen-bond acceptors (Lipinski definition) is 5. The van der Waals surface area contributed by atoms with Crippen LogP contribution in [0, 0.1) is 0 Å². The van der Waals surface area contributed by atoms with Crippen molar-refractivity contribution in [3.63, 3.8) is 0 Å². The summed E-state index contributed by atoms with van der Waals surface area (Å²) >= 11 is 0. The molecule has 4 atom stereocenters. The van der Waals surface area contributed by atoms with Gasteiger partial charge in [0.15, 0.2) is 0 Å². The fourth-order valence-corrected chi connectivity index (χ4v) is 7.78. The van der Waals surface area contributed by atoms with Gasteiger partial charge in [0.25, 0.3) is 0 Å². The number of rotatable bonds is 6. The van der Waals surface area contributed by atoms with Crippen LogP contribution in [0.25, 0.3) is 33.5 Å². The number of aromatic nitrogens is 2. The highest BCUT2D eigenvalue weighted by atomic mass is 15.0. The molecule has 0 radical (unpaired) electrons. The molecular formula is C35H38N6. The van der Waals surface area contributed by atoms with Gasteiger partial charge in [-0.15, -0.1) is 0 Å². The van der Waals surface area contributed by atoms with Crippen LogP contribution in [0.4, 0.5) is 11.4 Å². The third kappa shape index (κ3) is 4.50. The summed E-state index contributed by atoms with van der Waals surface area (Å²) in [6.07, 6.45) is 12.7. The summed E-state index contributed by atoms with van der Waals surface area (Å²) in [6.45, 7) is 2.15. The van der Waals surface area contributed by atoms with Gasteiger partial charge < -0.3 is 21.4 Å². The Morgan fingerprint density at radius 1 is 0.780 bits per heavy atom. The van der Waals surface area contributed by atoms with Crippen molar-refractivity contribution in [2.45, 2.75) is 68.9 Å². The van der Waals surface area contributed by atoms with E-state index in [1.807, 2.05) is 12.3 Å². The zero-order valence-electron chi connectivity index (χ0n) is 23.5. The van der Waals surface area contributed by atoms with Crippen LogP contribution in [-0.2, 0) is 0 Å². The summed E-state index contributed by atoms with van der Waals surface area (Å²) in [5.41, 5.74) is 18.6. The highest BCUT2D eigenvalue weighted by molar-refractivity contribution is 5.82. The number of nitrogen functional groups attached to an aromatic ring is 1. The van der Waals surface area contributed by atoms with E-state index in [1.165, 1.54) is 60.1 Å². The smallest absolute Gasteiger partial charge is 0.123 e. The molecule has 41 heavy (non-hydrogen) atoms. The predicted molar refractivity (Wildman–Crippen MR) is 168 cm³/mol. The first kappa shape index (κ1) is 25.0. The SMILES string of the molecule is Nc1cc(-c2ccc(-c3ccc(-c4cnc(C5CCCN5)[nH]4)c4c3C3CCC4C3)cc2)ccc1N=CC1CCCN1. The first-order valence-electron chi connectivity index (χ1n) is 15.4. The Morgan fingerprint density at radius 2 is 1.51 bits per heavy atom. The monoisotopic (exact) mass is 542 g/mol. The second-order valence-corrected chi connectivity index (χ2v) is 12.4. The van der Waals surface area contributed by atoms with Gasteiger partial charge in [0.1, 0.15) is 5.82 Å². The average Bonchev–Trinajstić information content (AvgIpc) is 3.85. The normalized spacial score (nSPS) is 25.0. The Morgan fingerprint density at radius 3 is 2.27 bits per heavy atom. The maximum atomic E-state index is 6.41. The minimum absolute atomic E-state index is 0.360. The van der Waals surface area contributed by atoms with Gasteiger partial charge in [0, 0.05) is 17.8 Å². The van der Waals surface area contributed by atoms with E-state index in [4.69, 9.17) is 10.7 Å². The largest absolute Gasteiger partial charge is 0.397 e. The first-order valence-corrected chi connectivity index (χ1v) is 15.4. The second-order valence-electron chi connectivity index (χ2n) is 12.4. The number of fused-ring (bicyclic) bond motifs is 5. The molecule has 1 aromatic heterocycles. The van der Waals surface area contributed by atoms with Crippen LogP contribution < -0.4 is 16.4 Å². The maximum absolute atomic E-state index is 6.41. The van der Waals surface area contributed by atoms with Crippen molar-refractivity contribution in [3.8, 4) is 33.5 Å². The quantitative estimate of drug-likeness (QED) is 0.153. The Kier molecular flexibility index (Phi) is 6.26. The molecule has 0 amide bonds. The fourth-order valence-electron chi connectivity index (χ4n) is 7.78. The van der Waals surface area contributed by atoms with Crippen molar-refractivity contribution in [2.75, 3.05) is 18.8 Å². The van der Waals surface area contributed by atoms with E-state index in [2.05, 4.69) is 75.3 Å². The molecule has 5 N–H and O–H groups in total. The van der Waals surface area contributed by atoms with Gasteiger partial charge in [-0.2, -0.15) is 0 Å². The summed E-state index contributed by atoms with van der Waals surface area (Å²) in [5.74, 6) is 2.41. The molecule has 0 spiro atoms. The molecule has 2 aliphatic carbocycles. The molecule has 1 saturated carbocycles. The molecule has 3 aromatic carbocycles. The second kappa shape index (κ2) is 10.3. The number of aromatic amines is 1. The lowest BCUT2D eigenvalue weighted by Gasteiger charge is -2.22. The van der Waals surface area contributed by atoms with Gasteiger partial charge in [-0.25, -0.2) is 4.98 Å². The molecule has 6 heteroatoms. The van der Waals surface area contributed by atoms with Crippen LogP contribution in [-0.4, -0.2) is 35.3 Å². The average molecular weight is 543 g/mol. The number of nitrogens with zero attached hydrogens (tertiary/aromatic N) is 2. The van der Waals surface area contributed by atoms with Crippen molar-refractivity contribution in [1.29, 1.82) is 0 Å². The molecule has 2 bridgehead atoms. The summed E-state index contributed by atoms with van der Waals surface area (Å²) in [4.78, 5) is 13.1. The number of benzene rings is 3. The molecule has 4 aliphatic rings. The van der Waals surface area contributed by atoms with Gasteiger partial charge in [0.2, 0.25) is 0 Å². The Bertz CT molecular complexity index is 1600. The standard InChI is InChI=1S/C35H38N6/c36-29-18-23(11-14-30(29)39-19-26-3-1-15-37-26)21-5-7-22(8-6-21)27-12-13-28(34-25-10-9-24(17-25)33(27)34)32-20-40-35(41-32)31-4-2-16-38-31/h5-8,11-14,18-20,24-26,31,37-38H,1-4,9-10,15-17,36H2,(H,40,41). The number of H-pyrrole nitrogens is 1. The third-order valence-electron chi connectivity index (χ3n) is 9.86. The first-order chi connectivity index (χ1) is 20.2. The van der Waals surface area contributed by atoms with Crippen molar-refractivity contribution < 1.29 is 0 Å². The van der Waals surface area contributed by atoms with Gasteiger partial charge in [-0.1, -0.05) is 42.5 Å². The van der Waals surface area contributed by atoms with Crippen LogP contribution in [0.5, 0.6) is 0 Å². The van der Waals surface area contributed by atoms with Crippen molar-refractivity contribution in [1.82, 2.24) is 20.6 Å². The molecule has 4 unspecified atom stereocenters. The predicted octanol–water partition coefficient (Wildman–Crippen LogP) is 7.24. The molecule has 6 nitrogen and oxygen atoms in total. The highest BCUT2D eigenvalue weighted by Gasteiger charge is 2.40. The van der Waals surface area contributed by atoms with Crippen molar-refractivity contribution in [2.24, 2.45) is 4.99 Å². The van der Waals surface area contributed by atoms with Crippen LogP contribution >= 0.6 is 0 Å². The van der Waals surface area contributed by atoms with Crippen molar-refractivity contribution >= 4 is 17.6 Å². The van der Waals surface area contributed by atoms with E-state index >= 15 is 0 Å². The number of nitrogens with one attached hydrogen (secondary N) is 3. The van der Waals surface area contributed by atoms with Gasteiger partial charge in [0.05, 0.1) is 29.3 Å². The molecule has 2 saturated heterocycles. The van der Waals surface area contributed by atoms with Crippen LogP contribution in [0.15, 0.2) is 65.8 Å². The van der Waals surface area contributed by atoms with Gasteiger partial charge in [-0.3, -0.25) is 4.99 Å². The fraction of sp³-hybridized carbons (Fsp3) is 0.371. The molecular weight excluding hydrogens is 504 g/mol. The van der Waals surface area contributed by atoms with Crippen LogP contribution in [0.2, 0.25) is 0 Å². The summed E-state index contributed by atoms with van der Waals surface area (Å²) < 4.78 is 0. The van der Waals surface area contributed by atoms with Crippen molar-refractivity contribution in [3.05, 3.63) is 77.7 Å². The Balaban J connectivity index is 1.08. The molecule has 3 heterocycles. The molecule has 208 valence electrons. The number of hydrogen-bond donors (Lipinski definition) is 4. The molecule has 3 fully saturated rings. The number of anilines is 1. The lowest BCUT2D eigenvalue weighted by molar-refractivity contribution is 0.613. The van der Waals surface area contributed by atoms with E-state index < -0.39 is 0 Å². The van der Waals surface area contributed by atoms with Crippen LogP contribution in [0.1, 0.15) is 79.8 Å². The Hall–Kier alpha value is -3.74. The third-order valence-corrected chi connectivity index (χ3v) is 9.86. The van der Waals surface area contributed by atoms with Gasteiger partial charge in [-0.05, 0) is 115 Å². The topological polar surface area (TPSA) is 91.1 Å². The molecule has 8 rings (SSSR count). The number of nitrogens with two attached hydrogens (primary N) is 1. The van der Waals surface area contributed by atoms with E-state index in [1.54, 1.807) is 11.1 Å². The molecule has 4 aromatic rings. The van der Waals surface area contributed by atoms with E-state index in [-0.39, 0.29) is 0 Å². The minimum atomic E-state index is 0.360. The number of aliphatic imine (C=N–C) groups is 1. The number of imidazole rings is 1. The summed E-state index contributed by atoms with van der Waals surface area (Å²) in [6, 6.07) is 20.7.